The Kier molecular flexibility index (Phi) is 12.4. The van der Waals surface area contributed by atoms with Crippen LogP contribution in [-0.2, 0) is 48.2 Å². The summed E-state index contributed by atoms with van der Waals surface area (Å²) in [7, 11) is 5.10. The van der Waals surface area contributed by atoms with Gasteiger partial charge in [0.2, 0.25) is 11.8 Å². The molecular formula is C35H46N4O8S2. The highest BCUT2D eigenvalue weighted by molar-refractivity contribution is 8.76. The van der Waals surface area contributed by atoms with Gasteiger partial charge in [-0.25, -0.2) is 9.59 Å². The third kappa shape index (κ3) is 8.83. The van der Waals surface area contributed by atoms with E-state index in [0.717, 1.165) is 24.0 Å². The summed E-state index contributed by atoms with van der Waals surface area (Å²) in [5, 5.41) is 28.8. The predicted molar refractivity (Wildman–Crippen MR) is 188 cm³/mol. The molecule has 3 heterocycles. The number of nitrogens with zero attached hydrogens (tertiary/aromatic N) is 2. The van der Waals surface area contributed by atoms with Crippen molar-refractivity contribution in [3.05, 3.63) is 57.6 Å². The molecule has 266 valence electrons. The first kappa shape index (κ1) is 36.8. The van der Waals surface area contributed by atoms with Crippen molar-refractivity contribution in [3.63, 3.8) is 0 Å². The van der Waals surface area contributed by atoms with Gasteiger partial charge in [0.1, 0.15) is 23.6 Å². The molecule has 12 nitrogen and oxygen atoms in total. The second-order valence-corrected chi connectivity index (χ2v) is 15.6. The molecule has 4 N–H and O–H groups in total. The number of rotatable bonds is 2. The first-order valence-corrected chi connectivity index (χ1v) is 19.1. The van der Waals surface area contributed by atoms with Gasteiger partial charge in [0.05, 0.1) is 26.3 Å². The summed E-state index contributed by atoms with van der Waals surface area (Å²) in [6, 6.07) is 4.78. The topological polar surface area (TPSA) is 158 Å². The summed E-state index contributed by atoms with van der Waals surface area (Å²) >= 11 is 0. The number of ether oxygens (including phenoxy) is 2. The van der Waals surface area contributed by atoms with Gasteiger partial charge in [-0.2, -0.15) is 0 Å². The van der Waals surface area contributed by atoms with Gasteiger partial charge >= 0.3 is 11.9 Å². The minimum absolute atomic E-state index is 0.120. The number of phenolic OH excluding ortho intramolecular Hbond substituents is 2. The Labute approximate surface area is 295 Å². The first-order chi connectivity index (χ1) is 23.5. The highest BCUT2D eigenvalue weighted by Gasteiger charge is 2.36. The van der Waals surface area contributed by atoms with Crippen LogP contribution in [-0.4, -0.2) is 107 Å². The van der Waals surface area contributed by atoms with Crippen LogP contribution >= 0.6 is 21.6 Å². The Morgan fingerprint density at radius 1 is 0.714 bits per heavy atom. The second-order valence-electron chi connectivity index (χ2n) is 13.0. The summed E-state index contributed by atoms with van der Waals surface area (Å²) in [6.07, 6.45) is 3.04. The Morgan fingerprint density at radius 2 is 1.10 bits per heavy atom. The van der Waals surface area contributed by atoms with Gasteiger partial charge in [-0.1, -0.05) is 57.0 Å². The third-order valence-corrected chi connectivity index (χ3v) is 11.9. The van der Waals surface area contributed by atoms with Crippen LogP contribution in [0, 0.1) is 13.8 Å². The lowest BCUT2D eigenvalue weighted by molar-refractivity contribution is -0.145. The molecule has 0 saturated carbocycles. The number of carbonyl (C=O) groups excluding carboxylic acids is 4. The van der Waals surface area contributed by atoms with E-state index in [-0.39, 0.29) is 41.2 Å². The van der Waals surface area contributed by atoms with Crippen LogP contribution in [0.5, 0.6) is 11.5 Å². The van der Waals surface area contributed by atoms with Crippen LogP contribution < -0.4 is 10.6 Å². The standard InChI is InChI=1S/C35H46N4O8S2/c1-20-11-22-15-23-12-21(2)14-25(31(23)41)17-39-10-6-8-29(39)33(43)37-27(35(45)47-4)19-49-48-18-26(34(44)46-3)36-32(42)28-7-5-9-38(28)16-24(13-20)30(22)40/h11-14,26-29,40-41H,5-10,15-19H2,1-4H3,(H,36,42)(H,37,43)/t26-,27-,28-,29-/m0/s1. The first-order valence-electron chi connectivity index (χ1n) is 16.6. The lowest BCUT2D eigenvalue weighted by atomic mass is 9.95. The van der Waals surface area contributed by atoms with E-state index < -0.39 is 36.1 Å². The largest absolute Gasteiger partial charge is 0.507 e. The molecule has 2 saturated heterocycles. The fourth-order valence-corrected chi connectivity index (χ4v) is 9.33. The lowest BCUT2D eigenvalue weighted by Crippen LogP contribution is -2.51. The number of methoxy groups -OCH3 is 2. The Hall–Kier alpha value is -3.46. The molecular weight excluding hydrogens is 669 g/mol. The smallest absolute Gasteiger partial charge is 0.329 e. The quantitative estimate of drug-likeness (QED) is 0.267. The number of esters is 2. The van der Waals surface area contributed by atoms with Crippen LogP contribution in [0.1, 0.15) is 59.1 Å². The molecule has 4 atom stereocenters. The van der Waals surface area contributed by atoms with E-state index in [1.54, 1.807) is 0 Å². The van der Waals surface area contributed by atoms with Crippen LogP contribution in [0.2, 0.25) is 0 Å². The van der Waals surface area contributed by atoms with Crippen molar-refractivity contribution in [2.45, 2.75) is 83.2 Å². The molecule has 4 bridgehead atoms. The maximum atomic E-state index is 13.6. The molecule has 2 amide bonds. The number of phenols is 2. The number of aryl methyl sites for hydroxylation is 2. The molecule has 2 aromatic rings. The van der Waals surface area contributed by atoms with Crippen molar-refractivity contribution in [2.75, 3.05) is 38.8 Å². The maximum Gasteiger partial charge on any atom is 0.329 e. The molecule has 5 rings (SSSR count). The molecule has 2 aromatic carbocycles. The predicted octanol–water partition coefficient (Wildman–Crippen LogP) is 2.94. The number of fused-ring (bicyclic) bond motifs is 6. The zero-order valence-corrected chi connectivity index (χ0v) is 30.1. The number of hydrogen-bond acceptors (Lipinski definition) is 12. The summed E-state index contributed by atoms with van der Waals surface area (Å²) in [5.74, 6) is -1.18. The van der Waals surface area contributed by atoms with Crippen LogP contribution in [0.4, 0.5) is 0 Å². The Bertz CT molecular complexity index is 1460. The van der Waals surface area contributed by atoms with Gasteiger partial charge in [0.25, 0.3) is 0 Å². The molecule has 0 unspecified atom stereocenters. The molecule has 14 heteroatoms. The van der Waals surface area contributed by atoms with Crippen molar-refractivity contribution in [3.8, 4) is 11.5 Å². The van der Waals surface area contributed by atoms with Gasteiger partial charge in [-0.05, 0) is 63.7 Å². The minimum atomic E-state index is -0.928. The Balaban J connectivity index is 1.49. The lowest BCUT2D eigenvalue weighted by Gasteiger charge is -2.26. The Morgan fingerprint density at radius 3 is 1.49 bits per heavy atom. The molecule has 0 aliphatic carbocycles. The second kappa shape index (κ2) is 16.5. The molecule has 0 radical (unpaired) electrons. The monoisotopic (exact) mass is 714 g/mol. The molecule has 3 aliphatic rings. The normalized spacial score (nSPS) is 24.7. The summed E-state index contributed by atoms with van der Waals surface area (Å²) in [6.45, 7) is 5.87. The number of carbonyl (C=O) groups is 4. The highest BCUT2D eigenvalue weighted by Crippen LogP contribution is 2.35. The van der Waals surface area contributed by atoms with Crippen molar-refractivity contribution >= 4 is 45.3 Å². The summed E-state index contributed by atoms with van der Waals surface area (Å²) in [5.41, 5.74) is 4.57. The number of amides is 2. The van der Waals surface area contributed by atoms with E-state index in [1.165, 1.54) is 35.8 Å². The molecule has 3 aliphatic heterocycles. The number of aromatic hydroxyl groups is 2. The maximum absolute atomic E-state index is 13.6. The van der Waals surface area contributed by atoms with Crippen molar-refractivity contribution in [1.82, 2.24) is 20.4 Å². The average molecular weight is 715 g/mol. The average Bonchev–Trinajstić information content (AvgIpc) is 3.74. The van der Waals surface area contributed by atoms with Gasteiger partial charge in [0, 0.05) is 42.1 Å². The molecule has 0 aromatic heterocycles. The van der Waals surface area contributed by atoms with Crippen molar-refractivity contribution < 1.29 is 38.9 Å². The van der Waals surface area contributed by atoms with E-state index in [4.69, 9.17) is 9.47 Å². The van der Waals surface area contributed by atoms with E-state index in [0.29, 0.717) is 61.3 Å². The van der Waals surface area contributed by atoms with E-state index in [9.17, 15) is 29.4 Å². The van der Waals surface area contributed by atoms with E-state index >= 15 is 0 Å². The van der Waals surface area contributed by atoms with Crippen LogP contribution in [0.15, 0.2) is 24.3 Å². The molecule has 2 fully saturated rings. The summed E-state index contributed by atoms with van der Waals surface area (Å²) < 4.78 is 9.98. The van der Waals surface area contributed by atoms with Gasteiger partial charge < -0.3 is 30.3 Å². The van der Waals surface area contributed by atoms with Gasteiger partial charge in [0.15, 0.2) is 0 Å². The van der Waals surface area contributed by atoms with Gasteiger partial charge in [-0.15, -0.1) is 0 Å². The number of nitrogens with one attached hydrogen (secondary N) is 2. The van der Waals surface area contributed by atoms with E-state index in [1.807, 2.05) is 47.9 Å². The fourth-order valence-electron chi connectivity index (χ4n) is 7.04. The molecule has 49 heavy (non-hydrogen) atoms. The third-order valence-electron chi connectivity index (χ3n) is 9.44. The zero-order valence-electron chi connectivity index (χ0n) is 28.5. The SMILES string of the molecule is COC(=O)[C@@H]1CSSC[C@@H](C(=O)OC)NC(=O)[C@@H]2CCCN2Cc2cc(C)cc(c2O)Cc2cc(C)cc(c2O)CN2CCC[C@H]2C(=O)N1. The van der Waals surface area contributed by atoms with E-state index in [2.05, 4.69) is 10.6 Å². The molecule has 0 spiro atoms. The van der Waals surface area contributed by atoms with Crippen molar-refractivity contribution in [2.24, 2.45) is 0 Å². The number of benzene rings is 2. The van der Waals surface area contributed by atoms with Crippen LogP contribution in [0.25, 0.3) is 0 Å². The zero-order chi connectivity index (χ0) is 35.2. The number of hydrogen-bond donors (Lipinski definition) is 4. The van der Waals surface area contributed by atoms with Crippen LogP contribution in [0.3, 0.4) is 0 Å². The van der Waals surface area contributed by atoms with Crippen molar-refractivity contribution in [1.29, 1.82) is 0 Å². The highest BCUT2D eigenvalue weighted by atomic mass is 33.1. The van der Waals surface area contributed by atoms with Gasteiger partial charge in [-0.3, -0.25) is 19.4 Å². The summed E-state index contributed by atoms with van der Waals surface area (Å²) in [4.78, 5) is 56.6. The minimum Gasteiger partial charge on any atom is -0.507 e. The fraction of sp³-hybridized carbons (Fsp3) is 0.543.